The van der Waals surface area contributed by atoms with Gasteiger partial charge in [0.15, 0.2) is 5.13 Å². The van der Waals surface area contributed by atoms with E-state index in [1.807, 2.05) is 0 Å². The van der Waals surface area contributed by atoms with Gasteiger partial charge in [-0.25, -0.2) is 4.98 Å². The zero-order valence-corrected chi connectivity index (χ0v) is 13.5. The zero-order valence-electron chi connectivity index (χ0n) is 12.6. The van der Waals surface area contributed by atoms with Crippen LogP contribution >= 0.6 is 11.3 Å². The number of hydrogen-bond acceptors (Lipinski definition) is 5. The summed E-state index contributed by atoms with van der Waals surface area (Å²) < 4.78 is 4.66. The molecule has 5 heteroatoms. The van der Waals surface area contributed by atoms with Crippen molar-refractivity contribution in [1.29, 1.82) is 0 Å². The van der Waals surface area contributed by atoms with Gasteiger partial charge in [0, 0.05) is 24.9 Å². The van der Waals surface area contributed by atoms with Crippen LogP contribution in [0.4, 0.5) is 5.13 Å². The number of rotatable bonds is 6. The van der Waals surface area contributed by atoms with E-state index in [1.165, 1.54) is 26.4 Å². The molecule has 0 saturated carbocycles. The van der Waals surface area contributed by atoms with E-state index in [0.717, 1.165) is 23.9 Å². The Hall–Kier alpha value is -1.10. The molecule has 2 heterocycles. The first-order chi connectivity index (χ1) is 9.62. The molecular formula is C15H24N2O2S. The molecule has 0 spiro atoms. The summed E-state index contributed by atoms with van der Waals surface area (Å²) in [7, 11) is 1.42. The summed E-state index contributed by atoms with van der Waals surface area (Å²) in [6, 6.07) is 0. The number of thiazole rings is 1. The highest BCUT2D eigenvalue weighted by Gasteiger charge is 2.35. The van der Waals surface area contributed by atoms with Crippen LogP contribution in [0.15, 0.2) is 5.38 Å². The highest BCUT2D eigenvalue weighted by atomic mass is 32.1. The van der Waals surface area contributed by atoms with E-state index in [2.05, 4.69) is 33.8 Å². The molecule has 2 rings (SSSR count). The number of nitrogens with zero attached hydrogens (tertiary/aromatic N) is 2. The summed E-state index contributed by atoms with van der Waals surface area (Å²) in [5, 5.41) is 3.17. The Morgan fingerprint density at radius 3 is 2.85 bits per heavy atom. The van der Waals surface area contributed by atoms with Crippen molar-refractivity contribution in [3.8, 4) is 0 Å². The summed E-state index contributed by atoms with van der Waals surface area (Å²) in [6.07, 6.45) is 4.81. The summed E-state index contributed by atoms with van der Waals surface area (Å²) >= 11 is 1.69. The molecule has 4 nitrogen and oxygen atoms in total. The van der Waals surface area contributed by atoms with Crippen LogP contribution in [0.3, 0.4) is 0 Å². The molecule has 1 saturated heterocycles. The standard InChI is InChI=1S/C15H24N2O2S/c1-4-15(5-2)8-9-17(11-15)14-16-12(10-20-14)6-7-13(18)19-3/h10H,4-9,11H2,1-3H3. The highest BCUT2D eigenvalue weighted by Crippen LogP contribution is 2.39. The van der Waals surface area contributed by atoms with E-state index in [9.17, 15) is 4.79 Å². The maximum atomic E-state index is 11.2. The minimum atomic E-state index is -0.170. The Bertz CT molecular complexity index is 454. The molecule has 0 atom stereocenters. The third kappa shape index (κ3) is 3.32. The third-order valence-corrected chi connectivity index (χ3v) is 5.51. The number of aryl methyl sites for hydroxylation is 1. The van der Waals surface area contributed by atoms with Crippen LogP contribution in [0.25, 0.3) is 0 Å². The molecule has 1 aliphatic heterocycles. The molecule has 0 aliphatic carbocycles. The first-order valence-corrected chi connectivity index (χ1v) is 8.26. The predicted molar refractivity (Wildman–Crippen MR) is 82.3 cm³/mol. The SMILES string of the molecule is CCC1(CC)CCN(c2nc(CCC(=O)OC)cs2)C1. The lowest BCUT2D eigenvalue weighted by Crippen LogP contribution is -2.26. The summed E-state index contributed by atoms with van der Waals surface area (Å²) in [5.41, 5.74) is 1.47. The van der Waals surface area contributed by atoms with Gasteiger partial charge in [-0.1, -0.05) is 13.8 Å². The molecule has 0 N–H and O–H groups in total. The van der Waals surface area contributed by atoms with Crippen molar-refractivity contribution in [2.75, 3.05) is 25.1 Å². The smallest absolute Gasteiger partial charge is 0.305 e. The van der Waals surface area contributed by atoms with Crippen LogP contribution < -0.4 is 4.90 Å². The Labute approximate surface area is 125 Å². The molecule has 1 aromatic rings. The van der Waals surface area contributed by atoms with Crippen molar-refractivity contribution in [3.05, 3.63) is 11.1 Å². The third-order valence-electron chi connectivity index (χ3n) is 4.56. The van der Waals surface area contributed by atoms with Crippen molar-refractivity contribution >= 4 is 22.4 Å². The Morgan fingerprint density at radius 1 is 1.50 bits per heavy atom. The van der Waals surface area contributed by atoms with Gasteiger partial charge in [-0.15, -0.1) is 11.3 Å². The minimum Gasteiger partial charge on any atom is -0.469 e. The van der Waals surface area contributed by atoms with E-state index in [-0.39, 0.29) is 5.97 Å². The van der Waals surface area contributed by atoms with E-state index < -0.39 is 0 Å². The van der Waals surface area contributed by atoms with Crippen molar-refractivity contribution in [2.45, 2.75) is 46.0 Å². The molecule has 1 aromatic heterocycles. The number of aromatic nitrogens is 1. The quantitative estimate of drug-likeness (QED) is 0.756. The molecule has 0 radical (unpaired) electrons. The van der Waals surface area contributed by atoms with Crippen molar-refractivity contribution in [1.82, 2.24) is 4.98 Å². The van der Waals surface area contributed by atoms with Crippen LogP contribution in [0.1, 0.15) is 45.2 Å². The molecule has 112 valence electrons. The van der Waals surface area contributed by atoms with E-state index in [1.54, 1.807) is 11.3 Å². The van der Waals surface area contributed by atoms with Gasteiger partial charge in [-0.2, -0.15) is 0 Å². The molecule has 20 heavy (non-hydrogen) atoms. The number of ether oxygens (including phenoxy) is 1. The predicted octanol–water partition coefficient (Wildman–Crippen LogP) is 3.27. The molecule has 0 aromatic carbocycles. The second kappa shape index (κ2) is 6.57. The van der Waals surface area contributed by atoms with Crippen molar-refractivity contribution in [3.63, 3.8) is 0 Å². The summed E-state index contributed by atoms with van der Waals surface area (Å²) in [5.74, 6) is -0.170. The monoisotopic (exact) mass is 296 g/mol. The van der Waals surface area contributed by atoms with Gasteiger partial charge in [0.1, 0.15) is 0 Å². The van der Waals surface area contributed by atoms with Crippen molar-refractivity contribution in [2.24, 2.45) is 5.41 Å². The lowest BCUT2D eigenvalue weighted by atomic mass is 9.82. The fourth-order valence-electron chi connectivity index (χ4n) is 2.81. The van der Waals surface area contributed by atoms with Crippen LogP contribution in [0.5, 0.6) is 0 Å². The van der Waals surface area contributed by atoms with E-state index >= 15 is 0 Å². The number of anilines is 1. The van der Waals surface area contributed by atoms with Crippen LogP contribution in [0.2, 0.25) is 0 Å². The number of carbonyl (C=O) groups excluding carboxylic acids is 1. The molecule has 0 unspecified atom stereocenters. The Balaban J connectivity index is 1.94. The van der Waals surface area contributed by atoms with Gasteiger partial charge < -0.3 is 9.64 Å². The number of methoxy groups -OCH3 is 1. The lowest BCUT2D eigenvalue weighted by Gasteiger charge is -2.26. The second-order valence-corrected chi connectivity index (χ2v) is 6.41. The number of esters is 1. The van der Waals surface area contributed by atoms with Crippen LogP contribution in [-0.4, -0.2) is 31.2 Å². The Morgan fingerprint density at radius 2 is 2.25 bits per heavy atom. The normalized spacial score (nSPS) is 17.4. The van der Waals surface area contributed by atoms with Gasteiger partial charge >= 0.3 is 5.97 Å². The first-order valence-electron chi connectivity index (χ1n) is 7.38. The topological polar surface area (TPSA) is 42.4 Å². The Kier molecular flexibility index (Phi) is 5.02. The maximum Gasteiger partial charge on any atom is 0.305 e. The van der Waals surface area contributed by atoms with Gasteiger partial charge in [-0.3, -0.25) is 4.79 Å². The average Bonchev–Trinajstić information content (AvgIpc) is 3.11. The van der Waals surface area contributed by atoms with E-state index in [0.29, 0.717) is 18.3 Å². The van der Waals surface area contributed by atoms with Crippen LogP contribution in [0, 0.1) is 5.41 Å². The minimum absolute atomic E-state index is 0.170. The zero-order chi connectivity index (χ0) is 14.6. The van der Waals surface area contributed by atoms with Gasteiger partial charge in [0.05, 0.1) is 19.2 Å². The summed E-state index contributed by atoms with van der Waals surface area (Å²) in [4.78, 5) is 18.2. The van der Waals surface area contributed by atoms with Gasteiger partial charge in [0.25, 0.3) is 0 Å². The lowest BCUT2D eigenvalue weighted by molar-refractivity contribution is -0.140. The molecule has 1 fully saturated rings. The van der Waals surface area contributed by atoms with Crippen molar-refractivity contribution < 1.29 is 9.53 Å². The average molecular weight is 296 g/mol. The number of carbonyl (C=O) groups is 1. The maximum absolute atomic E-state index is 11.2. The van der Waals surface area contributed by atoms with E-state index in [4.69, 9.17) is 0 Å². The fraction of sp³-hybridized carbons (Fsp3) is 0.733. The van der Waals surface area contributed by atoms with Gasteiger partial charge in [-0.05, 0) is 24.7 Å². The number of hydrogen-bond donors (Lipinski definition) is 0. The largest absolute Gasteiger partial charge is 0.469 e. The highest BCUT2D eigenvalue weighted by molar-refractivity contribution is 7.13. The molecule has 1 aliphatic rings. The summed E-state index contributed by atoms with van der Waals surface area (Å²) in [6.45, 7) is 6.79. The first kappa shape index (κ1) is 15.3. The molecule has 0 amide bonds. The fourth-order valence-corrected chi connectivity index (χ4v) is 3.70. The van der Waals surface area contributed by atoms with Crippen LogP contribution in [-0.2, 0) is 16.0 Å². The van der Waals surface area contributed by atoms with Gasteiger partial charge in [0.2, 0.25) is 0 Å². The molecule has 0 bridgehead atoms. The second-order valence-electron chi connectivity index (χ2n) is 5.58. The molecular weight excluding hydrogens is 272 g/mol.